The Kier molecular flexibility index (Phi) is 3.76. The van der Waals surface area contributed by atoms with Gasteiger partial charge in [0.25, 0.3) is 0 Å². The van der Waals surface area contributed by atoms with Gasteiger partial charge in [0.1, 0.15) is 10.8 Å². The Balaban J connectivity index is 2.47. The first kappa shape index (κ1) is 12.1. The van der Waals surface area contributed by atoms with Gasteiger partial charge < -0.3 is 10.5 Å². The number of thiazole rings is 1. The molecule has 2 aromatic rings. The van der Waals surface area contributed by atoms with Gasteiger partial charge in [0.2, 0.25) is 0 Å². The third-order valence-corrected chi connectivity index (χ3v) is 3.66. The lowest BCUT2D eigenvalue weighted by Crippen LogP contribution is -1.94. The van der Waals surface area contributed by atoms with E-state index in [4.69, 9.17) is 10.5 Å². The van der Waals surface area contributed by atoms with Crippen molar-refractivity contribution in [1.29, 1.82) is 0 Å². The van der Waals surface area contributed by atoms with Crippen LogP contribution >= 0.6 is 11.3 Å². The van der Waals surface area contributed by atoms with Crippen LogP contribution in [0, 0.1) is 6.92 Å². The minimum Gasteiger partial charge on any atom is -0.493 e. The van der Waals surface area contributed by atoms with Crippen LogP contribution in [0.5, 0.6) is 5.75 Å². The number of nitrogens with two attached hydrogens (primary N) is 1. The third kappa shape index (κ3) is 2.48. The van der Waals surface area contributed by atoms with Gasteiger partial charge in [0.15, 0.2) is 0 Å². The fourth-order valence-corrected chi connectivity index (χ4v) is 2.70. The highest BCUT2D eigenvalue weighted by atomic mass is 32.1. The van der Waals surface area contributed by atoms with Crippen molar-refractivity contribution in [1.82, 2.24) is 4.98 Å². The average molecular weight is 248 g/mol. The molecule has 90 valence electrons. The van der Waals surface area contributed by atoms with Gasteiger partial charge >= 0.3 is 0 Å². The number of hydrogen-bond acceptors (Lipinski definition) is 4. The second-order valence-corrected chi connectivity index (χ2v) is 4.74. The normalized spacial score (nSPS) is 10.5. The standard InChI is InChI=1S/C13H16N2OS/c1-3-16-11-7-5-4-6-10(11)13-9(2)15-12(8-14)17-13/h4-7H,3,8,14H2,1-2H3. The van der Waals surface area contributed by atoms with Crippen molar-refractivity contribution in [2.45, 2.75) is 20.4 Å². The summed E-state index contributed by atoms with van der Waals surface area (Å²) in [6.07, 6.45) is 0. The van der Waals surface area contributed by atoms with E-state index in [-0.39, 0.29) is 0 Å². The summed E-state index contributed by atoms with van der Waals surface area (Å²) in [5.74, 6) is 0.908. The summed E-state index contributed by atoms with van der Waals surface area (Å²) in [5.41, 5.74) is 7.74. The highest BCUT2D eigenvalue weighted by Gasteiger charge is 2.12. The van der Waals surface area contributed by atoms with E-state index in [9.17, 15) is 0 Å². The van der Waals surface area contributed by atoms with Crippen LogP contribution in [0.3, 0.4) is 0 Å². The summed E-state index contributed by atoms with van der Waals surface area (Å²) >= 11 is 1.64. The van der Waals surface area contributed by atoms with Crippen LogP contribution in [-0.4, -0.2) is 11.6 Å². The predicted octanol–water partition coefficient (Wildman–Crippen LogP) is 2.98. The minimum atomic E-state index is 0.488. The molecule has 0 spiro atoms. The van der Waals surface area contributed by atoms with Gasteiger partial charge in [0, 0.05) is 12.1 Å². The van der Waals surface area contributed by atoms with Crippen molar-refractivity contribution < 1.29 is 4.74 Å². The monoisotopic (exact) mass is 248 g/mol. The molecule has 2 rings (SSSR count). The SMILES string of the molecule is CCOc1ccccc1-c1sc(CN)nc1C. The molecule has 0 aliphatic rings. The van der Waals surface area contributed by atoms with E-state index >= 15 is 0 Å². The van der Waals surface area contributed by atoms with Crippen molar-refractivity contribution in [3.8, 4) is 16.2 Å². The summed E-state index contributed by atoms with van der Waals surface area (Å²) in [6, 6.07) is 8.04. The smallest absolute Gasteiger partial charge is 0.127 e. The molecule has 0 bridgehead atoms. The molecular formula is C13H16N2OS. The predicted molar refractivity (Wildman–Crippen MR) is 71.3 cm³/mol. The van der Waals surface area contributed by atoms with Gasteiger partial charge in [-0.3, -0.25) is 0 Å². The van der Waals surface area contributed by atoms with Gasteiger partial charge in [-0.05, 0) is 26.0 Å². The molecular weight excluding hydrogens is 232 g/mol. The van der Waals surface area contributed by atoms with E-state index in [0.717, 1.165) is 26.9 Å². The fraction of sp³-hybridized carbons (Fsp3) is 0.308. The Bertz CT molecular complexity index is 508. The molecule has 17 heavy (non-hydrogen) atoms. The third-order valence-electron chi connectivity index (χ3n) is 2.45. The summed E-state index contributed by atoms with van der Waals surface area (Å²) in [5, 5.41) is 0.962. The summed E-state index contributed by atoms with van der Waals surface area (Å²) in [6.45, 7) is 5.15. The average Bonchev–Trinajstić information content (AvgIpc) is 2.72. The lowest BCUT2D eigenvalue weighted by atomic mass is 10.1. The molecule has 0 radical (unpaired) electrons. The van der Waals surface area contributed by atoms with Crippen LogP contribution in [0.2, 0.25) is 0 Å². The second-order valence-electron chi connectivity index (χ2n) is 3.66. The summed E-state index contributed by atoms with van der Waals surface area (Å²) < 4.78 is 5.64. The molecule has 1 aromatic carbocycles. The fourth-order valence-electron chi connectivity index (χ4n) is 1.73. The van der Waals surface area contributed by atoms with Gasteiger partial charge in [-0.1, -0.05) is 12.1 Å². The molecule has 0 aliphatic heterocycles. The van der Waals surface area contributed by atoms with Crippen molar-refractivity contribution in [2.75, 3.05) is 6.61 Å². The van der Waals surface area contributed by atoms with Gasteiger partial charge in [-0.25, -0.2) is 4.98 Å². The molecule has 3 nitrogen and oxygen atoms in total. The molecule has 4 heteroatoms. The first-order chi connectivity index (χ1) is 8.26. The maximum Gasteiger partial charge on any atom is 0.127 e. The zero-order valence-corrected chi connectivity index (χ0v) is 10.9. The molecule has 0 atom stereocenters. The van der Waals surface area contributed by atoms with Crippen molar-refractivity contribution in [3.05, 3.63) is 35.0 Å². The lowest BCUT2D eigenvalue weighted by molar-refractivity contribution is 0.341. The number of hydrogen-bond donors (Lipinski definition) is 1. The highest BCUT2D eigenvalue weighted by Crippen LogP contribution is 2.36. The molecule has 0 saturated heterocycles. The van der Waals surface area contributed by atoms with Crippen molar-refractivity contribution in [2.24, 2.45) is 5.73 Å². The van der Waals surface area contributed by atoms with E-state index in [1.165, 1.54) is 0 Å². The van der Waals surface area contributed by atoms with E-state index in [2.05, 4.69) is 11.1 Å². The van der Waals surface area contributed by atoms with Gasteiger partial charge in [-0.15, -0.1) is 11.3 Å². The van der Waals surface area contributed by atoms with E-state index < -0.39 is 0 Å². The molecule has 0 fully saturated rings. The number of ether oxygens (including phenoxy) is 1. The van der Waals surface area contributed by atoms with Crippen LogP contribution in [0.25, 0.3) is 10.4 Å². The van der Waals surface area contributed by atoms with E-state index in [1.54, 1.807) is 11.3 Å². The highest BCUT2D eigenvalue weighted by molar-refractivity contribution is 7.15. The first-order valence-corrected chi connectivity index (χ1v) is 6.46. The minimum absolute atomic E-state index is 0.488. The van der Waals surface area contributed by atoms with Crippen molar-refractivity contribution >= 4 is 11.3 Å². The zero-order chi connectivity index (χ0) is 12.3. The number of benzene rings is 1. The molecule has 0 saturated carbocycles. The number of aryl methyl sites for hydroxylation is 1. The number of aromatic nitrogens is 1. The second kappa shape index (κ2) is 5.29. The largest absolute Gasteiger partial charge is 0.493 e. The number of rotatable bonds is 4. The Morgan fingerprint density at radius 3 is 2.76 bits per heavy atom. The summed E-state index contributed by atoms with van der Waals surface area (Å²) in [4.78, 5) is 5.59. The van der Waals surface area contributed by atoms with Crippen LogP contribution in [0.4, 0.5) is 0 Å². The Hall–Kier alpha value is -1.39. The number of para-hydroxylation sites is 1. The topological polar surface area (TPSA) is 48.1 Å². The lowest BCUT2D eigenvalue weighted by Gasteiger charge is -2.08. The maximum atomic E-state index is 5.64. The van der Waals surface area contributed by atoms with Crippen LogP contribution in [-0.2, 0) is 6.54 Å². The maximum absolute atomic E-state index is 5.64. The zero-order valence-electron chi connectivity index (χ0n) is 10.1. The molecule has 0 aliphatic carbocycles. The van der Waals surface area contributed by atoms with E-state index in [0.29, 0.717) is 13.2 Å². The van der Waals surface area contributed by atoms with Crippen LogP contribution in [0.15, 0.2) is 24.3 Å². The van der Waals surface area contributed by atoms with Crippen LogP contribution < -0.4 is 10.5 Å². The molecule has 0 amide bonds. The van der Waals surface area contributed by atoms with Crippen molar-refractivity contribution in [3.63, 3.8) is 0 Å². The number of nitrogens with zero attached hydrogens (tertiary/aromatic N) is 1. The summed E-state index contributed by atoms with van der Waals surface area (Å²) in [7, 11) is 0. The molecule has 1 aromatic heterocycles. The molecule has 1 heterocycles. The Morgan fingerprint density at radius 1 is 1.35 bits per heavy atom. The van der Waals surface area contributed by atoms with Gasteiger partial charge in [0.05, 0.1) is 17.2 Å². The van der Waals surface area contributed by atoms with E-state index in [1.807, 2.05) is 32.0 Å². The van der Waals surface area contributed by atoms with Crippen LogP contribution in [0.1, 0.15) is 17.6 Å². The Labute approximate surface area is 105 Å². The molecule has 2 N–H and O–H groups in total. The first-order valence-electron chi connectivity index (χ1n) is 5.64. The molecule has 0 unspecified atom stereocenters. The Morgan fingerprint density at radius 2 is 2.12 bits per heavy atom. The quantitative estimate of drug-likeness (QED) is 0.905. The van der Waals surface area contributed by atoms with Gasteiger partial charge in [-0.2, -0.15) is 0 Å².